The number of hydrogen-bond acceptors (Lipinski definition) is 4. The third kappa shape index (κ3) is 3.35. The van der Waals surface area contributed by atoms with E-state index in [0.717, 1.165) is 34.5 Å². The molecule has 2 rings (SSSR count). The zero-order valence-electron chi connectivity index (χ0n) is 12.6. The van der Waals surface area contributed by atoms with E-state index in [1.807, 2.05) is 0 Å². The van der Waals surface area contributed by atoms with Gasteiger partial charge in [-0.2, -0.15) is 0 Å². The van der Waals surface area contributed by atoms with Gasteiger partial charge in [-0.1, -0.05) is 32.1 Å². The van der Waals surface area contributed by atoms with E-state index in [1.54, 1.807) is 0 Å². The second-order valence-electron chi connectivity index (χ2n) is 6.77. The molecule has 0 bridgehead atoms. The summed E-state index contributed by atoms with van der Waals surface area (Å²) in [6, 6.07) is 0.430. The van der Waals surface area contributed by atoms with Crippen molar-refractivity contribution in [1.82, 2.24) is 4.98 Å². The lowest BCUT2D eigenvalue weighted by Gasteiger charge is -2.26. The van der Waals surface area contributed by atoms with E-state index in [9.17, 15) is 4.79 Å². The third-order valence-electron chi connectivity index (χ3n) is 3.48. The Bertz CT molecular complexity index is 455. The van der Waals surface area contributed by atoms with Crippen molar-refractivity contribution >= 4 is 22.8 Å². The first-order chi connectivity index (χ1) is 8.82. The molecule has 1 saturated carbocycles. The van der Waals surface area contributed by atoms with Gasteiger partial charge in [0, 0.05) is 18.0 Å². The topological polar surface area (TPSA) is 33.2 Å². The zero-order valence-corrected chi connectivity index (χ0v) is 13.4. The van der Waals surface area contributed by atoms with Crippen LogP contribution in [0.2, 0.25) is 0 Å². The van der Waals surface area contributed by atoms with Gasteiger partial charge in [0.1, 0.15) is 0 Å². The standard InChI is InChI=1S/C15H24N2OS/c1-10(2)17(8-11-6-7-11)14-16-13(15(3,4)5)12(9-18)19-14/h9-11H,6-8H2,1-5H3. The van der Waals surface area contributed by atoms with E-state index in [2.05, 4.69) is 39.5 Å². The lowest BCUT2D eigenvalue weighted by Crippen LogP contribution is -2.32. The molecule has 0 unspecified atom stereocenters. The Morgan fingerprint density at radius 3 is 2.42 bits per heavy atom. The van der Waals surface area contributed by atoms with Crippen molar-refractivity contribution in [3.05, 3.63) is 10.6 Å². The molecule has 1 fully saturated rings. The Kier molecular flexibility index (Phi) is 4.00. The molecule has 0 saturated heterocycles. The molecule has 0 spiro atoms. The Morgan fingerprint density at radius 2 is 2.05 bits per heavy atom. The van der Waals surface area contributed by atoms with Crippen LogP contribution in [0.3, 0.4) is 0 Å². The predicted molar refractivity (Wildman–Crippen MR) is 81.4 cm³/mol. The molecule has 0 amide bonds. The highest BCUT2D eigenvalue weighted by Crippen LogP contribution is 2.36. The highest BCUT2D eigenvalue weighted by atomic mass is 32.1. The highest BCUT2D eigenvalue weighted by molar-refractivity contribution is 7.17. The molecular weight excluding hydrogens is 256 g/mol. The molecule has 1 aromatic heterocycles. The predicted octanol–water partition coefficient (Wildman–Crippen LogP) is 3.88. The van der Waals surface area contributed by atoms with Gasteiger partial charge in [0.25, 0.3) is 0 Å². The van der Waals surface area contributed by atoms with Gasteiger partial charge in [-0.25, -0.2) is 4.98 Å². The fourth-order valence-corrected chi connectivity index (χ4v) is 3.38. The Balaban J connectivity index is 2.31. The summed E-state index contributed by atoms with van der Waals surface area (Å²) in [7, 11) is 0. The number of rotatable bonds is 5. The minimum absolute atomic E-state index is 0.0762. The summed E-state index contributed by atoms with van der Waals surface area (Å²) in [5.41, 5.74) is 0.858. The smallest absolute Gasteiger partial charge is 0.186 e. The van der Waals surface area contributed by atoms with Gasteiger partial charge in [0.15, 0.2) is 11.4 Å². The Hall–Kier alpha value is -0.900. The van der Waals surface area contributed by atoms with Gasteiger partial charge in [-0.15, -0.1) is 0 Å². The number of aromatic nitrogens is 1. The molecule has 1 aliphatic carbocycles. The molecule has 0 radical (unpaired) electrons. The fourth-order valence-electron chi connectivity index (χ4n) is 2.15. The largest absolute Gasteiger partial charge is 0.345 e. The minimum Gasteiger partial charge on any atom is -0.345 e. The van der Waals surface area contributed by atoms with E-state index >= 15 is 0 Å². The minimum atomic E-state index is -0.0762. The number of anilines is 1. The number of carbonyl (C=O) groups is 1. The molecule has 3 nitrogen and oxygen atoms in total. The molecule has 0 aliphatic heterocycles. The molecule has 1 aliphatic rings. The summed E-state index contributed by atoms with van der Waals surface area (Å²) in [5, 5.41) is 1.01. The van der Waals surface area contributed by atoms with Crippen LogP contribution < -0.4 is 4.90 Å². The lowest BCUT2D eigenvalue weighted by atomic mass is 9.91. The van der Waals surface area contributed by atoms with Gasteiger partial charge in [0.05, 0.1) is 10.6 Å². The zero-order chi connectivity index (χ0) is 14.2. The van der Waals surface area contributed by atoms with Crippen molar-refractivity contribution in [2.45, 2.75) is 58.9 Å². The van der Waals surface area contributed by atoms with E-state index in [-0.39, 0.29) is 5.41 Å². The van der Waals surface area contributed by atoms with Crippen molar-refractivity contribution in [2.75, 3.05) is 11.4 Å². The Labute approximate surface area is 120 Å². The van der Waals surface area contributed by atoms with Gasteiger partial charge in [0.2, 0.25) is 0 Å². The van der Waals surface area contributed by atoms with Gasteiger partial charge < -0.3 is 4.90 Å². The second kappa shape index (κ2) is 5.23. The van der Waals surface area contributed by atoms with Crippen molar-refractivity contribution in [3.63, 3.8) is 0 Å². The average molecular weight is 280 g/mol. The maximum atomic E-state index is 11.3. The van der Waals surface area contributed by atoms with Crippen LogP contribution in [0.25, 0.3) is 0 Å². The van der Waals surface area contributed by atoms with Crippen LogP contribution in [0.5, 0.6) is 0 Å². The summed E-state index contributed by atoms with van der Waals surface area (Å²) in [6.07, 6.45) is 3.62. The number of aldehydes is 1. The maximum absolute atomic E-state index is 11.3. The van der Waals surface area contributed by atoms with E-state index in [4.69, 9.17) is 4.98 Å². The van der Waals surface area contributed by atoms with Crippen LogP contribution in [-0.2, 0) is 5.41 Å². The summed E-state index contributed by atoms with van der Waals surface area (Å²) >= 11 is 1.54. The molecule has 1 heterocycles. The van der Waals surface area contributed by atoms with Crippen molar-refractivity contribution in [1.29, 1.82) is 0 Å². The molecule has 0 aromatic carbocycles. The van der Waals surface area contributed by atoms with Gasteiger partial charge >= 0.3 is 0 Å². The summed E-state index contributed by atoms with van der Waals surface area (Å²) < 4.78 is 0. The molecule has 1 aromatic rings. The summed E-state index contributed by atoms with van der Waals surface area (Å²) in [6.45, 7) is 11.8. The first-order valence-corrected chi connectivity index (χ1v) is 7.87. The second-order valence-corrected chi connectivity index (χ2v) is 7.78. The number of nitrogens with zero attached hydrogens (tertiary/aromatic N) is 2. The number of thiazole rings is 1. The van der Waals surface area contributed by atoms with Gasteiger partial charge in [-0.3, -0.25) is 4.79 Å². The molecule has 19 heavy (non-hydrogen) atoms. The fraction of sp³-hybridized carbons (Fsp3) is 0.733. The van der Waals surface area contributed by atoms with E-state index < -0.39 is 0 Å². The molecular formula is C15H24N2OS. The first kappa shape index (κ1) is 14.5. The van der Waals surface area contributed by atoms with Crippen LogP contribution in [0.4, 0.5) is 5.13 Å². The SMILES string of the molecule is CC(C)N(CC1CC1)c1nc(C(C)(C)C)c(C=O)s1. The quantitative estimate of drug-likeness (QED) is 0.767. The summed E-state index contributed by atoms with van der Waals surface area (Å²) in [4.78, 5) is 19.2. The number of hydrogen-bond donors (Lipinski definition) is 0. The third-order valence-corrected chi connectivity index (χ3v) is 4.50. The van der Waals surface area contributed by atoms with Crippen molar-refractivity contribution in [2.24, 2.45) is 5.92 Å². The molecule has 0 N–H and O–H groups in total. The van der Waals surface area contributed by atoms with E-state index in [0.29, 0.717) is 6.04 Å². The molecule has 106 valence electrons. The van der Waals surface area contributed by atoms with Crippen LogP contribution in [0.15, 0.2) is 0 Å². The average Bonchev–Trinajstić information content (AvgIpc) is 3.01. The highest BCUT2D eigenvalue weighted by Gasteiger charge is 2.29. The lowest BCUT2D eigenvalue weighted by molar-refractivity contribution is 0.112. The van der Waals surface area contributed by atoms with Crippen LogP contribution in [0, 0.1) is 5.92 Å². The summed E-state index contributed by atoms with van der Waals surface area (Å²) in [5.74, 6) is 0.823. The van der Waals surface area contributed by atoms with E-state index in [1.165, 1.54) is 24.2 Å². The maximum Gasteiger partial charge on any atom is 0.186 e. The monoisotopic (exact) mass is 280 g/mol. The van der Waals surface area contributed by atoms with Crippen molar-refractivity contribution in [3.8, 4) is 0 Å². The van der Waals surface area contributed by atoms with Crippen LogP contribution in [0.1, 0.15) is 62.8 Å². The first-order valence-electron chi connectivity index (χ1n) is 7.06. The van der Waals surface area contributed by atoms with Crippen LogP contribution in [-0.4, -0.2) is 23.9 Å². The van der Waals surface area contributed by atoms with Gasteiger partial charge in [-0.05, 0) is 32.6 Å². The van der Waals surface area contributed by atoms with Crippen LogP contribution >= 0.6 is 11.3 Å². The molecule has 0 atom stereocenters. The number of carbonyl (C=O) groups excluding carboxylic acids is 1. The normalized spacial score (nSPS) is 15.9. The molecule has 4 heteroatoms. The Morgan fingerprint density at radius 1 is 1.42 bits per heavy atom. The van der Waals surface area contributed by atoms with Crippen molar-refractivity contribution < 1.29 is 4.79 Å².